The van der Waals surface area contributed by atoms with Crippen molar-refractivity contribution in [2.75, 3.05) is 6.54 Å². The molecule has 0 saturated heterocycles. The van der Waals surface area contributed by atoms with Crippen LogP contribution in [0.15, 0.2) is 78.6 Å². The van der Waals surface area contributed by atoms with E-state index in [2.05, 4.69) is 70.1 Å². The van der Waals surface area contributed by atoms with E-state index in [9.17, 15) is 4.79 Å². The maximum atomic E-state index is 13.3. The van der Waals surface area contributed by atoms with Gasteiger partial charge in [-0.1, -0.05) is 44.2 Å². The van der Waals surface area contributed by atoms with Gasteiger partial charge in [0.25, 0.3) is 5.91 Å². The van der Waals surface area contributed by atoms with E-state index < -0.39 is 0 Å². The number of thiophene rings is 1. The van der Waals surface area contributed by atoms with Gasteiger partial charge in [-0.2, -0.15) is 5.10 Å². The molecule has 7 heteroatoms. The number of hydrogen-bond donors (Lipinski definition) is 2. The molecule has 1 atom stereocenters. The number of aromatic amines is 1. The summed E-state index contributed by atoms with van der Waals surface area (Å²) in [7, 11) is 0. The summed E-state index contributed by atoms with van der Waals surface area (Å²) in [6.45, 7) is 4.62. The molecule has 166 valence electrons. The van der Waals surface area contributed by atoms with Crippen molar-refractivity contribution < 1.29 is 4.79 Å². The molecule has 0 aliphatic carbocycles. The first-order valence-corrected chi connectivity index (χ1v) is 11.9. The molecule has 0 aliphatic rings. The lowest BCUT2D eigenvalue weighted by atomic mass is 9.96. The van der Waals surface area contributed by atoms with E-state index in [0.29, 0.717) is 17.9 Å². The van der Waals surface area contributed by atoms with Crippen molar-refractivity contribution in [1.82, 2.24) is 25.1 Å². The second-order valence-electron chi connectivity index (χ2n) is 8.27. The molecule has 0 spiro atoms. The Labute approximate surface area is 196 Å². The molecular weight excluding hydrogens is 430 g/mol. The summed E-state index contributed by atoms with van der Waals surface area (Å²) in [6.07, 6.45) is 5.43. The third-order valence-corrected chi connectivity index (χ3v) is 6.80. The largest absolute Gasteiger partial charge is 0.361 e. The zero-order valence-electron chi connectivity index (χ0n) is 18.5. The molecule has 0 saturated carbocycles. The topological polar surface area (TPSA) is 75.6 Å². The Morgan fingerprint density at radius 1 is 1.12 bits per heavy atom. The summed E-state index contributed by atoms with van der Waals surface area (Å²) in [5.41, 5.74) is 3.71. The number of hydrogen-bond acceptors (Lipinski definition) is 4. The number of pyridine rings is 1. The van der Waals surface area contributed by atoms with Gasteiger partial charge in [0.15, 0.2) is 5.82 Å². The van der Waals surface area contributed by atoms with Crippen molar-refractivity contribution in [3.63, 3.8) is 0 Å². The number of nitrogens with one attached hydrogen (secondary N) is 2. The van der Waals surface area contributed by atoms with Crippen LogP contribution in [-0.4, -0.2) is 32.2 Å². The van der Waals surface area contributed by atoms with Crippen molar-refractivity contribution >= 4 is 28.1 Å². The van der Waals surface area contributed by atoms with E-state index in [1.165, 1.54) is 15.8 Å². The lowest BCUT2D eigenvalue weighted by Crippen LogP contribution is -2.29. The Bertz CT molecular complexity index is 1370. The summed E-state index contributed by atoms with van der Waals surface area (Å²) >= 11 is 1.70. The molecule has 5 aromatic rings. The van der Waals surface area contributed by atoms with Gasteiger partial charge in [-0.3, -0.25) is 4.79 Å². The Hall–Kier alpha value is -3.71. The Morgan fingerprint density at radius 2 is 1.97 bits per heavy atom. The molecule has 4 aromatic heterocycles. The summed E-state index contributed by atoms with van der Waals surface area (Å²) in [5.74, 6) is 0.744. The third kappa shape index (κ3) is 4.07. The highest BCUT2D eigenvalue weighted by molar-refractivity contribution is 7.10. The van der Waals surface area contributed by atoms with Crippen molar-refractivity contribution in [3.05, 3.63) is 100 Å². The predicted molar refractivity (Wildman–Crippen MR) is 132 cm³/mol. The average Bonchev–Trinajstić information content (AvgIpc) is 3.59. The fourth-order valence-electron chi connectivity index (χ4n) is 4.28. The van der Waals surface area contributed by atoms with Crippen LogP contribution < -0.4 is 5.32 Å². The first-order valence-electron chi connectivity index (χ1n) is 11.0. The molecule has 0 radical (unpaired) electrons. The van der Waals surface area contributed by atoms with E-state index in [4.69, 9.17) is 0 Å². The number of rotatable bonds is 7. The highest BCUT2D eigenvalue weighted by Crippen LogP contribution is 2.33. The van der Waals surface area contributed by atoms with Gasteiger partial charge in [0.2, 0.25) is 0 Å². The van der Waals surface area contributed by atoms with E-state index in [-0.39, 0.29) is 17.7 Å². The molecule has 0 bridgehead atoms. The van der Waals surface area contributed by atoms with Gasteiger partial charge in [-0.15, -0.1) is 11.3 Å². The molecule has 0 fully saturated rings. The molecule has 33 heavy (non-hydrogen) atoms. The summed E-state index contributed by atoms with van der Waals surface area (Å²) in [6, 6.07) is 18.1. The molecule has 4 heterocycles. The van der Waals surface area contributed by atoms with Gasteiger partial charge in [-0.25, -0.2) is 9.67 Å². The van der Waals surface area contributed by atoms with Crippen LogP contribution in [0.4, 0.5) is 0 Å². The number of fused-ring (bicyclic) bond motifs is 1. The Morgan fingerprint density at radius 3 is 2.73 bits per heavy atom. The first-order chi connectivity index (χ1) is 16.1. The van der Waals surface area contributed by atoms with Crippen LogP contribution in [0.25, 0.3) is 16.7 Å². The zero-order valence-corrected chi connectivity index (χ0v) is 19.3. The molecular formula is C26H25N5OS. The highest BCUT2D eigenvalue weighted by atomic mass is 32.1. The fourth-order valence-corrected chi connectivity index (χ4v) is 5.12. The number of carbonyl (C=O) groups is 1. The highest BCUT2D eigenvalue weighted by Gasteiger charge is 2.24. The van der Waals surface area contributed by atoms with Crippen LogP contribution >= 0.6 is 11.3 Å². The number of para-hydroxylation sites is 1. The number of carbonyl (C=O) groups excluding carboxylic acids is 1. The molecule has 2 N–H and O–H groups in total. The molecule has 6 nitrogen and oxygen atoms in total. The summed E-state index contributed by atoms with van der Waals surface area (Å²) in [5, 5.41) is 10.9. The smallest absolute Gasteiger partial charge is 0.254 e. The van der Waals surface area contributed by atoms with Crippen molar-refractivity contribution in [3.8, 4) is 5.82 Å². The quantitative estimate of drug-likeness (QED) is 0.340. The molecule has 1 unspecified atom stereocenters. The fraction of sp³-hybridized carbons (Fsp3) is 0.192. The number of amides is 1. The van der Waals surface area contributed by atoms with E-state index >= 15 is 0 Å². The molecule has 0 aliphatic heterocycles. The standard InChI is InChI=1S/C26H25N5OS/c1-17(2)25-21(16-30-31(25)24-11-5-6-12-27-24)26(32)29-15-20(23-10-7-13-33-23)19-14-28-22-9-4-3-8-18(19)22/h3-14,16-17,20,28H,15H2,1-2H3,(H,29,32). The zero-order chi connectivity index (χ0) is 22.8. The minimum absolute atomic E-state index is 0.0541. The monoisotopic (exact) mass is 455 g/mol. The molecule has 5 rings (SSSR count). The number of nitrogens with zero attached hydrogens (tertiary/aromatic N) is 3. The van der Waals surface area contributed by atoms with E-state index in [1.54, 1.807) is 28.4 Å². The van der Waals surface area contributed by atoms with Crippen LogP contribution in [0.1, 0.15) is 52.2 Å². The maximum absolute atomic E-state index is 13.3. The van der Waals surface area contributed by atoms with Crippen LogP contribution in [0.3, 0.4) is 0 Å². The lowest BCUT2D eigenvalue weighted by molar-refractivity contribution is 0.0951. The Kier molecular flexibility index (Phi) is 5.79. The van der Waals surface area contributed by atoms with Crippen molar-refractivity contribution in [1.29, 1.82) is 0 Å². The summed E-state index contributed by atoms with van der Waals surface area (Å²) in [4.78, 5) is 22.3. The van der Waals surface area contributed by atoms with E-state index in [1.807, 2.05) is 30.3 Å². The minimum atomic E-state index is -0.123. The minimum Gasteiger partial charge on any atom is -0.361 e. The number of aromatic nitrogens is 4. The van der Waals surface area contributed by atoms with E-state index in [0.717, 1.165) is 11.2 Å². The Balaban J connectivity index is 1.44. The average molecular weight is 456 g/mol. The number of H-pyrrole nitrogens is 1. The molecule has 1 amide bonds. The SMILES string of the molecule is CC(C)c1c(C(=O)NCC(c2cccs2)c2c[nH]c3ccccc23)cnn1-c1ccccn1. The van der Waals surface area contributed by atoms with Gasteiger partial charge in [0, 0.05) is 40.6 Å². The van der Waals surface area contributed by atoms with Gasteiger partial charge >= 0.3 is 0 Å². The van der Waals surface area contributed by atoms with Crippen LogP contribution in [0.5, 0.6) is 0 Å². The second-order valence-corrected chi connectivity index (χ2v) is 9.24. The predicted octanol–water partition coefficient (Wildman–Crippen LogP) is 5.50. The second kappa shape index (κ2) is 9.03. The molecule has 1 aromatic carbocycles. The van der Waals surface area contributed by atoms with Gasteiger partial charge in [0.1, 0.15) is 0 Å². The van der Waals surface area contributed by atoms with Crippen LogP contribution in [0.2, 0.25) is 0 Å². The van der Waals surface area contributed by atoms with Gasteiger partial charge < -0.3 is 10.3 Å². The number of benzene rings is 1. The van der Waals surface area contributed by atoms with Crippen LogP contribution in [0, 0.1) is 0 Å². The maximum Gasteiger partial charge on any atom is 0.254 e. The first kappa shape index (κ1) is 21.2. The van der Waals surface area contributed by atoms with Crippen molar-refractivity contribution in [2.45, 2.75) is 25.7 Å². The van der Waals surface area contributed by atoms with Crippen molar-refractivity contribution in [2.24, 2.45) is 0 Å². The third-order valence-electron chi connectivity index (χ3n) is 5.81. The lowest BCUT2D eigenvalue weighted by Gasteiger charge is -2.17. The normalized spacial score (nSPS) is 12.3. The van der Waals surface area contributed by atoms with Crippen LogP contribution in [-0.2, 0) is 0 Å². The summed E-state index contributed by atoms with van der Waals surface area (Å²) < 4.78 is 1.76. The van der Waals surface area contributed by atoms with Gasteiger partial charge in [0.05, 0.1) is 17.5 Å². The van der Waals surface area contributed by atoms with Gasteiger partial charge in [-0.05, 0) is 41.1 Å².